The summed E-state index contributed by atoms with van der Waals surface area (Å²) in [6.07, 6.45) is 7.14. The molecule has 0 saturated heterocycles. The number of unbranched alkanes of at least 4 members (excludes halogenated alkanes) is 3. The molecule has 0 unspecified atom stereocenters. The summed E-state index contributed by atoms with van der Waals surface area (Å²) in [4.78, 5) is 12.2. The van der Waals surface area contributed by atoms with Crippen molar-refractivity contribution in [2.75, 3.05) is 33.0 Å². The van der Waals surface area contributed by atoms with Gasteiger partial charge in [0.2, 0.25) is 5.76 Å². The van der Waals surface area contributed by atoms with Gasteiger partial charge in [-0.3, -0.25) is 0 Å². The van der Waals surface area contributed by atoms with Gasteiger partial charge in [0.15, 0.2) is 23.1 Å². The van der Waals surface area contributed by atoms with E-state index in [2.05, 4.69) is 13.8 Å². The number of hydrogen-bond donors (Lipinski definition) is 0. The predicted molar refractivity (Wildman–Crippen MR) is 144 cm³/mol. The number of carbonyl (C=O) groups is 1. The third-order valence-electron chi connectivity index (χ3n) is 5.45. The minimum absolute atomic E-state index is 0.136. The van der Waals surface area contributed by atoms with Crippen molar-refractivity contribution < 1.29 is 32.9 Å². The van der Waals surface area contributed by atoms with Crippen molar-refractivity contribution in [2.45, 2.75) is 66.2 Å². The standard InChI is InChI=1S/C30H41FO6/c1-5-9-11-18-35-26-14-12-23(20-25(26)31)16-19-37-27-15-13-24(21-28(27)36-17-10-6-2)22-29(33-7-3)30(32)34-8-4/h12-15,20-22H,5-11,16-19H2,1-4H3/b29-22-. The fraction of sp³-hybridized carbons (Fsp3) is 0.500. The van der Waals surface area contributed by atoms with Crippen molar-refractivity contribution in [1.82, 2.24) is 0 Å². The Balaban J connectivity index is 2.08. The SMILES string of the molecule is CCCCCOc1ccc(CCOc2ccc(/C=C(\OCC)C(=O)OCC)cc2OCCCC)cc1F. The molecular weight excluding hydrogens is 475 g/mol. The average Bonchev–Trinajstić information content (AvgIpc) is 2.89. The second kappa shape index (κ2) is 17.3. The topological polar surface area (TPSA) is 63.2 Å². The summed E-state index contributed by atoms with van der Waals surface area (Å²) >= 11 is 0. The summed E-state index contributed by atoms with van der Waals surface area (Å²) in [5.74, 6) is 0.702. The molecule has 0 fully saturated rings. The fourth-order valence-electron chi connectivity index (χ4n) is 3.47. The van der Waals surface area contributed by atoms with Crippen LogP contribution in [0.3, 0.4) is 0 Å². The predicted octanol–water partition coefficient (Wildman–Crippen LogP) is 7.14. The van der Waals surface area contributed by atoms with Crippen LogP contribution in [0, 0.1) is 5.82 Å². The van der Waals surface area contributed by atoms with E-state index in [-0.39, 0.29) is 23.9 Å². The number of ether oxygens (including phenoxy) is 5. The molecule has 0 bridgehead atoms. The summed E-state index contributed by atoms with van der Waals surface area (Å²) in [6.45, 7) is 9.79. The van der Waals surface area contributed by atoms with Crippen LogP contribution in [0.25, 0.3) is 6.08 Å². The maximum absolute atomic E-state index is 14.4. The number of halogens is 1. The Bertz CT molecular complexity index is 988. The molecule has 0 aliphatic heterocycles. The molecular formula is C30H41FO6. The quantitative estimate of drug-likeness (QED) is 0.0908. The molecule has 0 saturated carbocycles. The Morgan fingerprint density at radius 1 is 0.757 bits per heavy atom. The summed E-state index contributed by atoms with van der Waals surface area (Å²) in [7, 11) is 0. The van der Waals surface area contributed by atoms with Crippen LogP contribution in [-0.4, -0.2) is 39.0 Å². The van der Waals surface area contributed by atoms with Gasteiger partial charge in [-0.1, -0.05) is 45.2 Å². The molecule has 0 aliphatic rings. The van der Waals surface area contributed by atoms with Crippen molar-refractivity contribution >= 4 is 12.0 Å². The summed E-state index contributed by atoms with van der Waals surface area (Å²) in [5.41, 5.74) is 1.55. The maximum atomic E-state index is 14.4. The number of rotatable bonds is 18. The Morgan fingerprint density at radius 3 is 2.14 bits per heavy atom. The lowest BCUT2D eigenvalue weighted by atomic mass is 10.1. The summed E-state index contributed by atoms with van der Waals surface area (Å²) in [5, 5.41) is 0. The average molecular weight is 517 g/mol. The lowest BCUT2D eigenvalue weighted by molar-refractivity contribution is -0.142. The normalized spacial score (nSPS) is 11.2. The highest BCUT2D eigenvalue weighted by Crippen LogP contribution is 2.30. The van der Waals surface area contributed by atoms with Gasteiger partial charge >= 0.3 is 5.97 Å². The van der Waals surface area contributed by atoms with Crippen molar-refractivity contribution in [2.24, 2.45) is 0 Å². The Kier molecular flexibility index (Phi) is 14.0. The second-order valence-electron chi connectivity index (χ2n) is 8.49. The molecule has 2 aromatic carbocycles. The minimum atomic E-state index is -0.511. The van der Waals surface area contributed by atoms with E-state index in [4.69, 9.17) is 23.7 Å². The van der Waals surface area contributed by atoms with Gasteiger partial charge < -0.3 is 23.7 Å². The largest absolute Gasteiger partial charge is 0.491 e. The highest BCUT2D eigenvalue weighted by atomic mass is 19.1. The molecule has 2 rings (SSSR count). The zero-order valence-electron chi connectivity index (χ0n) is 22.6. The number of benzene rings is 2. The first-order chi connectivity index (χ1) is 18.0. The molecule has 0 heterocycles. The Labute approximate surface area is 220 Å². The first-order valence-electron chi connectivity index (χ1n) is 13.3. The molecule has 0 aliphatic carbocycles. The van der Waals surface area contributed by atoms with E-state index >= 15 is 0 Å². The van der Waals surface area contributed by atoms with E-state index in [1.54, 1.807) is 25.1 Å². The highest BCUT2D eigenvalue weighted by molar-refractivity contribution is 5.91. The smallest absolute Gasteiger partial charge is 0.373 e. The van der Waals surface area contributed by atoms with E-state index in [1.165, 1.54) is 6.07 Å². The Hall–Kier alpha value is -3.22. The van der Waals surface area contributed by atoms with Gasteiger partial charge in [0, 0.05) is 6.42 Å². The van der Waals surface area contributed by atoms with Crippen molar-refractivity contribution in [3.63, 3.8) is 0 Å². The maximum Gasteiger partial charge on any atom is 0.373 e. The van der Waals surface area contributed by atoms with Gasteiger partial charge in [0.25, 0.3) is 0 Å². The zero-order valence-corrected chi connectivity index (χ0v) is 22.6. The number of carbonyl (C=O) groups excluding carboxylic acids is 1. The molecule has 6 nitrogen and oxygen atoms in total. The molecule has 0 amide bonds. The highest BCUT2D eigenvalue weighted by Gasteiger charge is 2.14. The Morgan fingerprint density at radius 2 is 1.43 bits per heavy atom. The fourth-order valence-corrected chi connectivity index (χ4v) is 3.47. The van der Waals surface area contributed by atoms with Crippen molar-refractivity contribution in [1.29, 1.82) is 0 Å². The lowest BCUT2D eigenvalue weighted by Crippen LogP contribution is -2.10. The van der Waals surface area contributed by atoms with Crippen LogP contribution >= 0.6 is 0 Å². The molecule has 2 aromatic rings. The van der Waals surface area contributed by atoms with Gasteiger partial charge in [0.1, 0.15) is 0 Å². The molecule has 0 aromatic heterocycles. The van der Waals surface area contributed by atoms with Crippen LogP contribution in [0.2, 0.25) is 0 Å². The molecule has 0 N–H and O–H groups in total. The molecule has 7 heteroatoms. The number of hydrogen-bond acceptors (Lipinski definition) is 6. The van der Waals surface area contributed by atoms with E-state index in [0.717, 1.165) is 43.2 Å². The van der Waals surface area contributed by atoms with Crippen LogP contribution in [0.5, 0.6) is 17.2 Å². The van der Waals surface area contributed by atoms with Crippen LogP contribution < -0.4 is 14.2 Å². The molecule has 0 atom stereocenters. The molecule has 0 radical (unpaired) electrons. The molecule has 37 heavy (non-hydrogen) atoms. The monoisotopic (exact) mass is 516 g/mol. The van der Waals surface area contributed by atoms with Crippen LogP contribution in [0.1, 0.15) is 70.9 Å². The van der Waals surface area contributed by atoms with E-state index in [1.807, 2.05) is 25.1 Å². The third-order valence-corrected chi connectivity index (χ3v) is 5.45. The molecule has 204 valence electrons. The number of esters is 1. The van der Waals surface area contributed by atoms with Crippen molar-refractivity contribution in [3.05, 3.63) is 59.1 Å². The third kappa shape index (κ3) is 10.7. The second-order valence-corrected chi connectivity index (χ2v) is 8.49. The zero-order chi connectivity index (χ0) is 26.9. The van der Waals surface area contributed by atoms with Gasteiger partial charge in [-0.05, 0) is 68.2 Å². The first-order valence-corrected chi connectivity index (χ1v) is 13.3. The van der Waals surface area contributed by atoms with E-state index in [9.17, 15) is 9.18 Å². The van der Waals surface area contributed by atoms with E-state index in [0.29, 0.717) is 44.3 Å². The molecule has 0 spiro atoms. The summed E-state index contributed by atoms with van der Waals surface area (Å²) in [6, 6.07) is 10.5. The van der Waals surface area contributed by atoms with Gasteiger partial charge in [0.05, 0.1) is 33.0 Å². The minimum Gasteiger partial charge on any atom is -0.491 e. The lowest BCUT2D eigenvalue weighted by Gasteiger charge is -2.14. The van der Waals surface area contributed by atoms with Gasteiger partial charge in [-0.2, -0.15) is 0 Å². The first kappa shape index (κ1) is 30.0. The van der Waals surface area contributed by atoms with Crippen molar-refractivity contribution in [3.8, 4) is 17.2 Å². The summed E-state index contributed by atoms with van der Waals surface area (Å²) < 4.78 is 42.5. The van der Waals surface area contributed by atoms with E-state index < -0.39 is 5.97 Å². The van der Waals surface area contributed by atoms with Gasteiger partial charge in [-0.25, -0.2) is 9.18 Å². The van der Waals surface area contributed by atoms with Crippen LogP contribution in [0.15, 0.2) is 42.2 Å². The van der Waals surface area contributed by atoms with Crippen LogP contribution in [-0.2, 0) is 20.7 Å². The van der Waals surface area contributed by atoms with Gasteiger partial charge in [-0.15, -0.1) is 0 Å². The van der Waals surface area contributed by atoms with Crippen LogP contribution in [0.4, 0.5) is 4.39 Å².